The Balaban J connectivity index is 3.46. The van der Waals surface area contributed by atoms with Crippen LogP contribution in [0, 0.1) is 20.8 Å². The lowest BCUT2D eigenvalue weighted by atomic mass is 10.0. The molecule has 1 aromatic rings. The standard InChI is InChI=1S/C9H13NO/c1-5-4-6(2)9(11)7(3)8(5)10/h4,11H,10H2,1-3H3. The molecule has 0 aliphatic carbocycles. The highest BCUT2D eigenvalue weighted by Crippen LogP contribution is 2.28. The number of aromatic hydroxyl groups is 1. The number of anilines is 1. The molecule has 1 rings (SSSR count). The summed E-state index contributed by atoms with van der Waals surface area (Å²) in [7, 11) is 0. The highest BCUT2D eigenvalue weighted by atomic mass is 16.3. The van der Waals surface area contributed by atoms with Gasteiger partial charge in [0.2, 0.25) is 0 Å². The van der Waals surface area contributed by atoms with Crippen LogP contribution in [0.3, 0.4) is 0 Å². The lowest BCUT2D eigenvalue weighted by molar-refractivity contribution is 0.467. The van der Waals surface area contributed by atoms with E-state index in [2.05, 4.69) is 0 Å². The van der Waals surface area contributed by atoms with E-state index in [1.165, 1.54) is 0 Å². The molecule has 0 heterocycles. The highest BCUT2D eigenvalue weighted by molar-refractivity contribution is 5.60. The third-order valence-electron chi connectivity index (χ3n) is 1.99. The van der Waals surface area contributed by atoms with Gasteiger partial charge in [0.25, 0.3) is 0 Å². The van der Waals surface area contributed by atoms with Crippen molar-refractivity contribution in [3.8, 4) is 5.75 Å². The van der Waals surface area contributed by atoms with Crippen LogP contribution in [0.5, 0.6) is 5.75 Å². The molecule has 3 N–H and O–H groups in total. The van der Waals surface area contributed by atoms with E-state index in [1.807, 2.05) is 26.8 Å². The number of phenolic OH excluding ortho intramolecular Hbond substituents is 1. The molecule has 0 amide bonds. The van der Waals surface area contributed by atoms with Gasteiger partial charge in [0, 0.05) is 11.3 Å². The Bertz CT molecular complexity index is 266. The van der Waals surface area contributed by atoms with Gasteiger partial charge in [-0.15, -0.1) is 0 Å². The molecule has 0 aromatic heterocycles. The minimum absolute atomic E-state index is 0.313. The average molecular weight is 151 g/mol. The Morgan fingerprint density at radius 1 is 1.18 bits per heavy atom. The van der Waals surface area contributed by atoms with Gasteiger partial charge >= 0.3 is 0 Å². The van der Waals surface area contributed by atoms with Crippen molar-refractivity contribution in [1.82, 2.24) is 0 Å². The van der Waals surface area contributed by atoms with Crippen LogP contribution >= 0.6 is 0 Å². The zero-order valence-corrected chi connectivity index (χ0v) is 7.10. The van der Waals surface area contributed by atoms with Gasteiger partial charge in [0.15, 0.2) is 0 Å². The van der Waals surface area contributed by atoms with Gasteiger partial charge < -0.3 is 10.8 Å². The second-order valence-corrected chi connectivity index (χ2v) is 2.90. The van der Waals surface area contributed by atoms with Crippen molar-refractivity contribution in [3.63, 3.8) is 0 Å². The van der Waals surface area contributed by atoms with E-state index in [0.717, 1.165) is 16.7 Å². The van der Waals surface area contributed by atoms with E-state index in [9.17, 15) is 5.11 Å². The normalized spacial score (nSPS) is 10.1. The Labute approximate surface area is 66.7 Å². The summed E-state index contributed by atoms with van der Waals surface area (Å²) in [5.41, 5.74) is 9.07. The van der Waals surface area contributed by atoms with Crippen molar-refractivity contribution >= 4 is 5.69 Å². The number of hydrogen-bond acceptors (Lipinski definition) is 2. The Morgan fingerprint density at radius 2 is 1.73 bits per heavy atom. The lowest BCUT2D eigenvalue weighted by Gasteiger charge is -2.08. The minimum Gasteiger partial charge on any atom is -0.507 e. The number of nitrogen functional groups attached to an aromatic ring is 1. The van der Waals surface area contributed by atoms with E-state index < -0.39 is 0 Å². The number of aryl methyl sites for hydroxylation is 2. The summed E-state index contributed by atoms with van der Waals surface area (Å²) < 4.78 is 0. The van der Waals surface area contributed by atoms with E-state index in [1.54, 1.807) is 0 Å². The van der Waals surface area contributed by atoms with Gasteiger partial charge in [0.05, 0.1) is 0 Å². The Morgan fingerprint density at radius 3 is 2.27 bits per heavy atom. The minimum atomic E-state index is 0.313. The molecule has 60 valence electrons. The van der Waals surface area contributed by atoms with Gasteiger partial charge in [-0.05, 0) is 31.9 Å². The maximum atomic E-state index is 9.43. The van der Waals surface area contributed by atoms with Gasteiger partial charge in [-0.1, -0.05) is 6.07 Å². The summed E-state index contributed by atoms with van der Waals surface area (Å²) in [4.78, 5) is 0. The predicted molar refractivity (Wildman–Crippen MR) is 46.7 cm³/mol. The Kier molecular flexibility index (Phi) is 1.77. The van der Waals surface area contributed by atoms with E-state index in [0.29, 0.717) is 11.4 Å². The first-order valence-corrected chi connectivity index (χ1v) is 3.59. The molecule has 11 heavy (non-hydrogen) atoms. The van der Waals surface area contributed by atoms with Crippen LogP contribution in [-0.4, -0.2) is 5.11 Å². The van der Waals surface area contributed by atoms with Crippen LogP contribution < -0.4 is 5.73 Å². The van der Waals surface area contributed by atoms with Crippen molar-refractivity contribution in [2.75, 3.05) is 5.73 Å². The Hall–Kier alpha value is -1.18. The van der Waals surface area contributed by atoms with E-state index in [4.69, 9.17) is 5.73 Å². The lowest BCUT2D eigenvalue weighted by Crippen LogP contribution is -1.95. The zero-order valence-electron chi connectivity index (χ0n) is 7.10. The fraction of sp³-hybridized carbons (Fsp3) is 0.333. The van der Waals surface area contributed by atoms with Crippen molar-refractivity contribution in [2.24, 2.45) is 0 Å². The zero-order chi connectivity index (χ0) is 8.59. The van der Waals surface area contributed by atoms with Crippen molar-refractivity contribution < 1.29 is 5.11 Å². The SMILES string of the molecule is Cc1cc(C)c(O)c(C)c1N. The number of hydrogen-bond donors (Lipinski definition) is 2. The fourth-order valence-corrected chi connectivity index (χ4v) is 1.19. The van der Waals surface area contributed by atoms with Gasteiger partial charge in [-0.25, -0.2) is 0 Å². The number of rotatable bonds is 0. The molecule has 0 saturated carbocycles. The third kappa shape index (κ3) is 1.16. The van der Waals surface area contributed by atoms with Gasteiger partial charge in [0.1, 0.15) is 5.75 Å². The molecular weight excluding hydrogens is 138 g/mol. The number of nitrogens with two attached hydrogens (primary N) is 1. The molecule has 0 aliphatic rings. The summed E-state index contributed by atoms with van der Waals surface area (Å²) in [6, 6.07) is 1.89. The molecule has 0 bridgehead atoms. The molecule has 2 nitrogen and oxygen atoms in total. The summed E-state index contributed by atoms with van der Waals surface area (Å²) in [5.74, 6) is 0.313. The predicted octanol–water partition coefficient (Wildman–Crippen LogP) is 1.90. The average Bonchev–Trinajstić information content (AvgIpc) is 1.97. The number of phenols is 1. The summed E-state index contributed by atoms with van der Waals surface area (Å²) in [5, 5.41) is 9.43. The van der Waals surface area contributed by atoms with Gasteiger partial charge in [-0.3, -0.25) is 0 Å². The largest absolute Gasteiger partial charge is 0.507 e. The molecule has 0 aliphatic heterocycles. The second-order valence-electron chi connectivity index (χ2n) is 2.90. The van der Waals surface area contributed by atoms with Crippen LogP contribution in [0.4, 0.5) is 5.69 Å². The third-order valence-corrected chi connectivity index (χ3v) is 1.99. The first kappa shape index (κ1) is 7.92. The molecule has 1 aromatic carbocycles. The second kappa shape index (κ2) is 2.46. The first-order chi connectivity index (χ1) is 5.04. The number of benzene rings is 1. The highest BCUT2D eigenvalue weighted by Gasteiger charge is 2.05. The summed E-state index contributed by atoms with van der Waals surface area (Å²) >= 11 is 0. The summed E-state index contributed by atoms with van der Waals surface area (Å²) in [6.07, 6.45) is 0. The van der Waals surface area contributed by atoms with Crippen LogP contribution in [0.1, 0.15) is 16.7 Å². The van der Waals surface area contributed by atoms with Crippen LogP contribution in [0.25, 0.3) is 0 Å². The van der Waals surface area contributed by atoms with E-state index >= 15 is 0 Å². The molecule has 2 heteroatoms. The molecule has 0 saturated heterocycles. The van der Waals surface area contributed by atoms with E-state index in [-0.39, 0.29) is 0 Å². The molecule has 0 fully saturated rings. The first-order valence-electron chi connectivity index (χ1n) is 3.59. The van der Waals surface area contributed by atoms with Crippen LogP contribution in [0.15, 0.2) is 6.07 Å². The molecule has 0 radical (unpaired) electrons. The van der Waals surface area contributed by atoms with Crippen molar-refractivity contribution in [3.05, 3.63) is 22.8 Å². The summed E-state index contributed by atoms with van der Waals surface area (Å²) in [6.45, 7) is 5.63. The van der Waals surface area contributed by atoms with Crippen molar-refractivity contribution in [2.45, 2.75) is 20.8 Å². The topological polar surface area (TPSA) is 46.2 Å². The maximum absolute atomic E-state index is 9.43. The maximum Gasteiger partial charge on any atom is 0.123 e. The van der Waals surface area contributed by atoms with Crippen LogP contribution in [-0.2, 0) is 0 Å². The van der Waals surface area contributed by atoms with Crippen LogP contribution in [0.2, 0.25) is 0 Å². The monoisotopic (exact) mass is 151 g/mol. The molecular formula is C9H13NO. The smallest absolute Gasteiger partial charge is 0.123 e. The van der Waals surface area contributed by atoms with Gasteiger partial charge in [-0.2, -0.15) is 0 Å². The molecule has 0 unspecified atom stereocenters. The fourth-order valence-electron chi connectivity index (χ4n) is 1.19. The molecule has 0 spiro atoms. The quantitative estimate of drug-likeness (QED) is 0.556. The molecule has 0 atom stereocenters. The van der Waals surface area contributed by atoms with Crippen molar-refractivity contribution in [1.29, 1.82) is 0 Å².